The second kappa shape index (κ2) is 5.41. The number of rotatable bonds is 2. The molecule has 2 aromatic rings. The fourth-order valence-electron chi connectivity index (χ4n) is 4.68. The number of hydrogen-bond donors (Lipinski definition) is 2. The van der Waals surface area contributed by atoms with Gasteiger partial charge in [-0.25, -0.2) is 0 Å². The summed E-state index contributed by atoms with van der Waals surface area (Å²) in [5.74, 6) is 4.36. The van der Waals surface area contributed by atoms with E-state index in [0.717, 1.165) is 6.42 Å². The first kappa shape index (κ1) is 15.3. The van der Waals surface area contributed by atoms with Crippen molar-refractivity contribution in [1.29, 1.82) is 0 Å². The number of benzene rings is 2. The molecule has 2 nitrogen and oxygen atoms in total. The normalized spacial score (nSPS) is 25.9. The van der Waals surface area contributed by atoms with Gasteiger partial charge in [0.1, 0.15) is 11.5 Å². The highest BCUT2D eigenvalue weighted by Gasteiger charge is 2.56. The second-order valence-electron chi connectivity index (χ2n) is 7.34. The number of allylic oxidation sites excluding steroid dienone is 2. The van der Waals surface area contributed by atoms with Gasteiger partial charge >= 0.3 is 0 Å². The standard InChI is InChI=1S/C22H22O2/c1-22(2)20(14-6-10-16(23)11-7-14)18-4-3-5-19(18)21(22)15-8-12-17(24)13-9-15/h3-4,6-13,18-19,23-24H,5H2,1-2H3. The van der Waals surface area contributed by atoms with Crippen molar-refractivity contribution in [2.24, 2.45) is 17.3 Å². The molecule has 2 aliphatic rings. The van der Waals surface area contributed by atoms with Crippen LogP contribution >= 0.6 is 0 Å². The van der Waals surface area contributed by atoms with E-state index in [-0.39, 0.29) is 5.41 Å². The molecule has 0 spiro atoms. The van der Waals surface area contributed by atoms with E-state index in [4.69, 9.17) is 0 Å². The van der Waals surface area contributed by atoms with Crippen LogP contribution in [0.3, 0.4) is 0 Å². The van der Waals surface area contributed by atoms with Crippen LogP contribution < -0.4 is 0 Å². The highest BCUT2D eigenvalue weighted by atomic mass is 16.3. The van der Waals surface area contributed by atoms with E-state index in [9.17, 15) is 10.2 Å². The molecular weight excluding hydrogens is 296 g/mol. The Morgan fingerprint density at radius 1 is 0.792 bits per heavy atom. The average Bonchev–Trinajstić information content (AvgIpc) is 3.07. The molecule has 2 aromatic carbocycles. The van der Waals surface area contributed by atoms with Crippen LogP contribution in [0.25, 0.3) is 0 Å². The molecule has 24 heavy (non-hydrogen) atoms. The molecule has 0 saturated heterocycles. The van der Waals surface area contributed by atoms with E-state index in [1.165, 1.54) is 23.0 Å². The summed E-state index contributed by atoms with van der Waals surface area (Å²) in [7, 11) is 0. The lowest BCUT2D eigenvalue weighted by Crippen LogP contribution is -2.26. The van der Waals surface area contributed by atoms with Gasteiger partial charge in [-0.05, 0) is 59.1 Å². The molecule has 0 aliphatic heterocycles. The highest BCUT2D eigenvalue weighted by Crippen LogP contribution is 2.64. The van der Waals surface area contributed by atoms with Crippen molar-refractivity contribution in [3.8, 4) is 11.5 Å². The summed E-state index contributed by atoms with van der Waals surface area (Å²) in [4.78, 5) is 0. The van der Waals surface area contributed by atoms with Crippen LogP contribution in [0, 0.1) is 29.1 Å². The maximum Gasteiger partial charge on any atom is 0.115 e. The Balaban J connectivity index is 1.79. The van der Waals surface area contributed by atoms with Gasteiger partial charge in [-0.15, -0.1) is 0 Å². The fraction of sp³-hybridized carbons (Fsp3) is 0.273. The third-order valence-corrected chi connectivity index (χ3v) is 5.57. The van der Waals surface area contributed by atoms with Gasteiger partial charge in [0, 0.05) is 11.8 Å². The molecule has 0 amide bonds. The summed E-state index contributed by atoms with van der Waals surface area (Å²) in [5.41, 5.74) is 2.35. The minimum atomic E-state index is -0.0615. The van der Waals surface area contributed by atoms with Gasteiger partial charge in [-0.1, -0.05) is 50.3 Å². The minimum absolute atomic E-state index is 0.0615. The molecule has 1 fully saturated rings. The molecule has 2 N–H and O–H groups in total. The summed E-state index contributed by atoms with van der Waals surface area (Å²) in [6.45, 7) is 4.59. The fourth-order valence-corrected chi connectivity index (χ4v) is 4.68. The van der Waals surface area contributed by atoms with Gasteiger partial charge in [0.05, 0.1) is 0 Å². The van der Waals surface area contributed by atoms with Crippen molar-refractivity contribution in [2.45, 2.75) is 20.3 Å². The maximum atomic E-state index is 9.62. The summed E-state index contributed by atoms with van der Waals surface area (Å²) in [5, 5.41) is 19.2. The molecule has 0 bridgehead atoms. The van der Waals surface area contributed by atoms with Gasteiger partial charge in [0.25, 0.3) is 0 Å². The predicted octanol–water partition coefficient (Wildman–Crippen LogP) is 4.88. The summed E-state index contributed by atoms with van der Waals surface area (Å²) < 4.78 is 0. The Bertz CT molecular complexity index is 756. The second-order valence-corrected chi connectivity index (χ2v) is 7.34. The quantitative estimate of drug-likeness (QED) is 0.775. The van der Waals surface area contributed by atoms with Crippen molar-refractivity contribution in [3.63, 3.8) is 0 Å². The van der Waals surface area contributed by atoms with Crippen LogP contribution in [-0.2, 0) is 0 Å². The number of phenolic OH excluding ortho intramolecular Hbond substituents is 2. The van der Waals surface area contributed by atoms with E-state index in [0.29, 0.717) is 23.3 Å². The smallest absolute Gasteiger partial charge is 0.115 e. The molecule has 2 heteroatoms. The van der Waals surface area contributed by atoms with Crippen molar-refractivity contribution in [3.05, 3.63) is 83.6 Å². The molecule has 122 valence electrons. The van der Waals surface area contributed by atoms with Gasteiger partial charge in [-0.3, -0.25) is 0 Å². The zero-order chi connectivity index (χ0) is 16.9. The molecule has 1 saturated carbocycles. The first-order valence-electron chi connectivity index (χ1n) is 8.48. The van der Waals surface area contributed by atoms with Crippen LogP contribution in [0.5, 0.6) is 11.5 Å². The van der Waals surface area contributed by atoms with Crippen molar-refractivity contribution >= 4 is 0 Å². The number of hydrogen-bond acceptors (Lipinski definition) is 2. The van der Waals surface area contributed by atoms with Crippen LogP contribution in [0.2, 0.25) is 0 Å². The Morgan fingerprint density at radius 3 is 1.83 bits per heavy atom. The first-order valence-corrected chi connectivity index (χ1v) is 8.48. The summed E-state index contributed by atoms with van der Waals surface area (Å²) >= 11 is 0. The Labute approximate surface area is 143 Å². The highest BCUT2D eigenvalue weighted by molar-refractivity contribution is 5.55. The lowest BCUT2D eigenvalue weighted by Gasteiger charge is -2.35. The van der Waals surface area contributed by atoms with E-state index in [1.807, 2.05) is 24.3 Å². The molecule has 0 aromatic heterocycles. The lowest BCUT2D eigenvalue weighted by atomic mass is 9.68. The topological polar surface area (TPSA) is 40.5 Å². The SMILES string of the molecule is CC1(C)[C](c2ccc(O)cc2)C2C=CCC2[C]1c1ccc(O)cc1. The van der Waals surface area contributed by atoms with Crippen LogP contribution in [0.4, 0.5) is 0 Å². The minimum Gasteiger partial charge on any atom is -0.508 e. The Morgan fingerprint density at radius 2 is 1.29 bits per heavy atom. The predicted molar refractivity (Wildman–Crippen MR) is 95.4 cm³/mol. The molecule has 2 unspecified atom stereocenters. The number of phenols is 2. The Hall–Kier alpha value is -2.22. The van der Waals surface area contributed by atoms with Crippen LogP contribution in [-0.4, -0.2) is 10.2 Å². The van der Waals surface area contributed by atoms with Crippen LogP contribution in [0.15, 0.2) is 60.7 Å². The van der Waals surface area contributed by atoms with Crippen molar-refractivity contribution < 1.29 is 10.2 Å². The molecular formula is C22H22O2. The van der Waals surface area contributed by atoms with E-state index in [2.05, 4.69) is 26.0 Å². The monoisotopic (exact) mass is 318 g/mol. The Kier molecular flexibility index (Phi) is 3.45. The van der Waals surface area contributed by atoms with Gasteiger partial charge in [0.2, 0.25) is 0 Å². The molecule has 2 atom stereocenters. The van der Waals surface area contributed by atoms with Crippen molar-refractivity contribution in [1.82, 2.24) is 0 Å². The largest absolute Gasteiger partial charge is 0.508 e. The zero-order valence-corrected chi connectivity index (χ0v) is 14.0. The third kappa shape index (κ3) is 2.24. The number of aromatic hydroxyl groups is 2. The number of fused-ring (bicyclic) bond motifs is 1. The van der Waals surface area contributed by atoms with E-state index in [1.54, 1.807) is 24.3 Å². The molecule has 2 radical (unpaired) electrons. The maximum absolute atomic E-state index is 9.62. The molecule has 4 rings (SSSR count). The summed E-state index contributed by atoms with van der Waals surface area (Å²) in [6.07, 6.45) is 5.68. The molecule has 2 aliphatic carbocycles. The lowest BCUT2D eigenvalue weighted by molar-refractivity contribution is 0.448. The average molecular weight is 318 g/mol. The van der Waals surface area contributed by atoms with Gasteiger partial charge in [0.15, 0.2) is 0 Å². The van der Waals surface area contributed by atoms with Crippen LogP contribution in [0.1, 0.15) is 31.4 Å². The zero-order valence-electron chi connectivity index (χ0n) is 14.0. The summed E-state index contributed by atoms with van der Waals surface area (Å²) in [6, 6.07) is 15.2. The van der Waals surface area contributed by atoms with E-state index >= 15 is 0 Å². The van der Waals surface area contributed by atoms with E-state index < -0.39 is 0 Å². The van der Waals surface area contributed by atoms with Gasteiger partial charge in [-0.2, -0.15) is 0 Å². The van der Waals surface area contributed by atoms with Crippen molar-refractivity contribution in [2.75, 3.05) is 0 Å². The molecule has 0 heterocycles. The third-order valence-electron chi connectivity index (χ3n) is 5.57. The van der Waals surface area contributed by atoms with Gasteiger partial charge < -0.3 is 10.2 Å². The first-order chi connectivity index (χ1) is 11.5.